The molecule has 124 valence electrons. The van der Waals surface area contributed by atoms with Crippen molar-refractivity contribution < 1.29 is 4.79 Å². The van der Waals surface area contributed by atoms with Crippen molar-refractivity contribution in [3.8, 4) is 0 Å². The molecule has 0 aliphatic carbocycles. The van der Waals surface area contributed by atoms with E-state index in [4.69, 9.17) is 17.3 Å². The predicted octanol–water partition coefficient (Wildman–Crippen LogP) is 3.43. The number of rotatable bonds is 5. The molecule has 0 bridgehead atoms. The molecule has 2 aromatic carbocycles. The molecule has 3 aromatic rings. The van der Waals surface area contributed by atoms with Crippen LogP contribution in [0.4, 0.5) is 5.95 Å². The molecular formula is C18H19ClN4O. The third-order valence-corrected chi connectivity index (χ3v) is 4.29. The number of aromatic nitrogens is 2. The van der Waals surface area contributed by atoms with Crippen LogP contribution in [0.1, 0.15) is 16.8 Å². The van der Waals surface area contributed by atoms with Crippen molar-refractivity contribution in [3.05, 3.63) is 59.1 Å². The number of para-hydroxylation sites is 1. The highest BCUT2D eigenvalue weighted by Gasteiger charge is 2.13. The van der Waals surface area contributed by atoms with Gasteiger partial charge in [0.2, 0.25) is 5.95 Å². The van der Waals surface area contributed by atoms with Crippen LogP contribution in [0.2, 0.25) is 5.02 Å². The fourth-order valence-corrected chi connectivity index (χ4v) is 3.03. The number of hydrogen-bond donors (Lipinski definition) is 1. The molecule has 0 fully saturated rings. The number of imidazole rings is 1. The molecule has 5 nitrogen and oxygen atoms in total. The van der Waals surface area contributed by atoms with Gasteiger partial charge in [-0.15, -0.1) is 0 Å². The van der Waals surface area contributed by atoms with Gasteiger partial charge in [-0.25, -0.2) is 4.98 Å². The number of carbonyl (C=O) groups excluding carboxylic acids is 1. The van der Waals surface area contributed by atoms with Crippen LogP contribution in [-0.2, 0) is 6.54 Å². The van der Waals surface area contributed by atoms with Gasteiger partial charge >= 0.3 is 0 Å². The molecule has 0 aliphatic rings. The fourth-order valence-electron chi connectivity index (χ4n) is 2.75. The molecule has 3 rings (SSSR count). The lowest BCUT2D eigenvalue weighted by atomic mass is 10.2. The quantitative estimate of drug-likeness (QED) is 0.772. The topological polar surface area (TPSA) is 64.2 Å². The molecule has 6 heteroatoms. The van der Waals surface area contributed by atoms with Gasteiger partial charge in [-0.1, -0.05) is 35.9 Å². The first-order valence-corrected chi connectivity index (χ1v) is 8.16. The zero-order valence-corrected chi connectivity index (χ0v) is 14.2. The summed E-state index contributed by atoms with van der Waals surface area (Å²) in [5, 5.41) is 0.630. The van der Waals surface area contributed by atoms with Gasteiger partial charge in [-0.2, -0.15) is 0 Å². The third kappa shape index (κ3) is 3.21. The van der Waals surface area contributed by atoms with E-state index in [1.54, 1.807) is 11.9 Å². The normalized spacial score (nSPS) is 10.9. The molecule has 1 amide bonds. The minimum Gasteiger partial charge on any atom is -0.369 e. The van der Waals surface area contributed by atoms with Crippen molar-refractivity contribution in [3.63, 3.8) is 0 Å². The lowest BCUT2D eigenvalue weighted by Crippen LogP contribution is -2.28. The number of aryl methyl sites for hydroxylation is 1. The minimum atomic E-state index is 0.0112. The Hall–Kier alpha value is -2.53. The maximum atomic E-state index is 12.3. The molecule has 0 saturated heterocycles. The summed E-state index contributed by atoms with van der Waals surface area (Å²) in [6.07, 6.45) is 0.760. The maximum Gasteiger partial charge on any atom is 0.253 e. The predicted molar refractivity (Wildman–Crippen MR) is 97.2 cm³/mol. The number of hydrogen-bond acceptors (Lipinski definition) is 3. The average Bonchev–Trinajstić information content (AvgIpc) is 2.92. The average molecular weight is 343 g/mol. The van der Waals surface area contributed by atoms with Gasteiger partial charge in [-0.05, 0) is 30.7 Å². The van der Waals surface area contributed by atoms with Crippen molar-refractivity contribution in [2.75, 3.05) is 19.3 Å². The summed E-state index contributed by atoms with van der Waals surface area (Å²) in [5.74, 6) is 0.451. The van der Waals surface area contributed by atoms with Crippen LogP contribution in [0.5, 0.6) is 0 Å². The monoisotopic (exact) mass is 342 g/mol. The van der Waals surface area contributed by atoms with E-state index in [1.807, 2.05) is 53.1 Å². The Morgan fingerprint density at radius 1 is 1.21 bits per heavy atom. The number of anilines is 1. The molecule has 0 aliphatic heterocycles. The molecule has 24 heavy (non-hydrogen) atoms. The summed E-state index contributed by atoms with van der Waals surface area (Å²) in [5.41, 5.74) is 8.32. The van der Waals surface area contributed by atoms with Gasteiger partial charge in [0.1, 0.15) is 0 Å². The summed E-state index contributed by atoms with van der Waals surface area (Å²) in [6, 6.07) is 14.8. The highest BCUT2D eigenvalue weighted by Crippen LogP contribution is 2.25. The summed E-state index contributed by atoms with van der Waals surface area (Å²) in [7, 11) is 1.80. The van der Waals surface area contributed by atoms with Crippen LogP contribution >= 0.6 is 11.6 Å². The highest BCUT2D eigenvalue weighted by atomic mass is 35.5. The lowest BCUT2D eigenvalue weighted by molar-refractivity contribution is 0.0792. The van der Waals surface area contributed by atoms with E-state index in [9.17, 15) is 4.79 Å². The van der Waals surface area contributed by atoms with Crippen molar-refractivity contribution in [1.29, 1.82) is 0 Å². The van der Waals surface area contributed by atoms with Crippen LogP contribution in [0.3, 0.4) is 0 Å². The molecule has 2 N–H and O–H groups in total. The van der Waals surface area contributed by atoms with Gasteiger partial charge in [0.25, 0.3) is 5.91 Å². The van der Waals surface area contributed by atoms with Gasteiger partial charge in [0.05, 0.1) is 16.1 Å². The zero-order valence-electron chi connectivity index (χ0n) is 13.4. The molecule has 0 spiro atoms. The molecule has 1 aromatic heterocycles. The Morgan fingerprint density at radius 3 is 2.71 bits per heavy atom. The number of nitrogen functional groups attached to an aromatic ring is 1. The Labute approximate surface area is 145 Å². The van der Waals surface area contributed by atoms with Gasteiger partial charge < -0.3 is 15.2 Å². The standard InChI is InChI=1S/C18H19ClN4O/c1-22(17(24)13-7-3-2-4-8-13)11-6-12-23-16-14(19)9-5-10-15(16)21-18(23)20/h2-5,7-10H,6,11-12H2,1H3,(H2,20,21). The van der Waals surface area contributed by atoms with Crippen LogP contribution in [0.25, 0.3) is 11.0 Å². The number of carbonyl (C=O) groups is 1. The van der Waals surface area contributed by atoms with Crippen molar-refractivity contribution in [2.45, 2.75) is 13.0 Å². The number of nitrogens with zero attached hydrogens (tertiary/aromatic N) is 3. The van der Waals surface area contributed by atoms with Crippen LogP contribution < -0.4 is 5.73 Å². The minimum absolute atomic E-state index is 0.0112. The van der Waals surface area contributed by atoms with E-state index in [0.29, 0.717) is 29.6 Å². The smallest absolute Gasteiger partial charge is 0.253 e. The van der Waals surface area contributed by atoms with Crippen LogP contribution in [-0.4, -0.2) is 34.0 Å². The number of halogens is 1. The largest absolute Gasteiger partial charge is 0.369 e. The molecule has 0 unspecified atom stereocenters. The van der Waals surface area contributed by atoms with E-state index in [2.05, 4.69) is 4.98 Å². The number of amides is 1. The number of fused-ring (bicyclic) bond motifs is 1. The second-order valence-corrected chi connectivity index (χ2v) is 6.08. The van der Waals surface area contributed by atoms with Crippen LogP contribution in [0.15, 0.2) is 48.5 Å². The van der Waals surface area contributed by atoms with Crippen molar-refractivity contribution in [1.82, 2.24) is 14.5 Å². The number of nitrogens with two attached hydrogens (primary N) is 1. The SMILES string of the molecule is CN(CCCn1c(N)nc2cccc(Cl)c21)C(=O)c1ccccc1. The van der Waals surface area contributed by atoms with Gasteiger partial charge in [0, 0.05) is 25.7 Å². The molecule has 1 heterocycles. The van der Waals surface area contributed by atoms with E-state index >= 15 is 0 Å². The van der Waals surface area contributed by atoms with Crippen molar-refractivity contribution >= 4 is 34.5 Å². The lowest BCUT2D eigenvalue weighted by Gasteiger charge is -2.17. The molecule has 0 radical (unpaired) electrons. The Balaban J connectivity index is 1.67. The van der Waals surface area contributed by atoms with E-state index in [-0.39, 0.29) is 5.91 Å². The van der Waals surface area contributed by atoms with E-state index in [1.165, 1.54) is 0 Å². The highest BCUT2D eigenvalue weighted by molar-refractivity contribution is 6.35. The fraction of sp³-hybridized carbons (Fsp3) is 0.222. The van der Waals surface area contributed by atoms with Gasteiger partial charge in [-0.3, -0.25) is 4.79 Å². The summed E-state index contributed by atoms with van der Waals surface area (Å²) >= 11 is 6.27. The van der Waals surface area contributed by atoms with E-state index in [0.717, 1.165) is 17.5 Å². The first-order chi connectivity index (χ1) is 11.6. The molecule has 0 saturated carbocycles. The first kappa shape index (κ1) is 16.3. The Kier molecular flexibility index (Phi) is 4.71. The van der Waals surface area contributed by atoms with E-state index < -0.39 is 0 Å². The number of benzene rings is 2. The molecule has 0 atom stereocenters. The summed E-state index contributed by atoms with van der Waals surface area (Å²) in [6.45, 7) is 1.27. The van der Waals surface area contributed by atoms with Gasteiger partial charge in [0.15, 0.2) is 0 Å². The van der Waals surface area contributed by atoms with Crippen molar-refractivity contribution in [2.24, 2.45) is 0 Å². The molecular weight excluding hydrogens is 324 g/mol. The van der Waals surface area contributed by atoms with Crippen LogP contribution in [0, 0.1) is 0 Å². The Morgan fingerprint density at radius 2 is 1.96 bits per heavy atom. The second-order valence-electron chi connectivity index (χ2n) is 5.68. The third-order valence-electron chi connectivity index (χ3n) is 3.99. The Bertz CT molecular complexity index is 860. The first-order valence-electron chi connectivity index (χ1n) is 7.78. The summed E-state index contributed by atoms with van der Waals surface area (Å²) in [4.78, 5) is 18.4. The second kappa shape index (κ2) is 6.93. The zero-order chi connectivity index (χ0) is 17.1. The summed E-state index contributed by atoms with van der Waals surface area (Å²) < 4.78 is 1.90. The maximum absolute atomic E-state index is 12.3.